The molecule has 84 valence electrons. The Balaban J connectivity index is 1.67. The Morgan fingerprint density at radius 1 is 1.06 bits per heavy atom. The zero-order chi connectivity index (χ0) is 10.8. The molecule has 0 spiro atoms. The van der Waals surface area contributed by atoms with E-state index in [1.54, 1.807) is 0 Å². The maximum Gasteiger partial charge on any atom is 0.120 e. The summed E-state index contributed by atoms with van der Waals surface area (Å²) in [7, 11) is 0. The topological polar surface area (TPSA) is 21.3 Å². The van der Waals surface area contributed by atoms with Crippen molar-refractivity contribution >= 4 is 0 Å². The summed E-state index contributed by atoms with van der Waals surface area (Å²) in [6.07, 6.45) is 14.4. The highest BCUT2D eigenvalue weighted by Gasteiger charge is 2.22. The molecule has 3 aliphatic rings. The van der Waals surface area contributed by atoms with Gasteiger partial charge in [0.05, 0.1) is 0 Å². The van der Waals surface area contributed by atoms with Crippen molar-refractivity contribution in [3.05, 3.63) is 47.3 Å². The van der Waals surface area contributed by atoms with Gasteiger partial charge in [0.2, 0.25) is 0 Å². The summed E-state index contributed by atoms with van der Waals surface area (Å²) in [6, 6.07) is 0. The molecule has 0 amide bonds. The van der Waals surface area contributed by atoms with Crippen molar-refractivity contribution in [1.82, 2.24) is 5.32 Å². The van der Waals surface area contributed by atoms with Crippen LogP contribution in [0, 0.1) is 0 Å². The Kier molecular flexibility index (Phi) is 2.66. The average Bonchev–Trinajstić information content (AvgIpc) is 3.00. The third-order valence-corrected chi connectivity index (χ3v) is 3.24. The summed E-state index contributed by atoms with van der Waals surface area (Å²) in [5.41, 5.74) is 2.89. The molecule has 1 N–H and O–H groups in total. The molecule has 0 aromatic heterocycles. The summed E-state index contributed by atoms with van der Waals surface area (Å²) >= 11 is 0. The summed E-state index contributed by atoms with van der Waals surface area (Å²) in [4.78, 5) is 0. The van der Waals surface area contributed by atoms with Crippen LogP contribution in [0.1, 0.15) is 19.3 Å². The molecule has 0 aromatic carbocycles. The number of hydrogen-bond acceptors (Lipinski definition) is 2. The molecule has 2 nitrogen and oxygen atoms in total. The van der Waals surface area contributed by atoms with Gasteiger partial charge in [-0.1, -0.05) is 18.2 Å². The van der Waals surface area contributed by atoms with Gasteiger partial charge in [0.15, 0.2) is 0 Å². The van der Waals surface area contributed by atoms with E-state index in [2.05, 4.69) is 35.7 Å². The van der Waals surface area contributed by atoms with Gasteiger partial charge in [-0.25, -0.2) is 0 Å². The van der Waals surface area contributed by atoms with E-state index in [-0.39, 0.29) is 0 Å². The molecule has 1 aliphatic heterocycles. The number of allylic oxidation sites excluding steroid dienone is 7. The molecular weight excluding hydrogens is 198 g/mol. The number of ether oxygens (including phenoxy) is 1. The summed E-state index contributed by atoms with van der Waals surface area (Å²) in [6.45, 7) is 2.16. The monoisotopic (exact) mass is 215 g/mol. The molecule has 2 aliphatic carbocycles. The van der Waals surface area contributed by atoms with E-state index in [1.165, 1.54) is 11.1 Å². The Labute approximate surface area is 96.4 Å². The van der Waals surface area contributed by atoms with Crippen molar-refractivity contribution in [2.24, 2.45) is 0 Å². The molecule has 0 atom stereocenters. The predicted molar refractivity (Wildman–Crippen MR) is 65.0 cm³/mol. The van der Waals surface area contributed by atoms with Crippen LogP contribution in [0.15, 0.2) is 47.3 Å². The van der Waals surface area contributed by atoms with Crippen LogP contribution in [0.3, 0.4) is 0 Å². The predicted octanol–water partition coefficient (Wildman–Crippen LogP) is 2.47. The highest BCUT2D eigenvalue weighted by molar-refractivity contribution is 5.55. The lowest BCUT2D eigenvalue weighted by Gasteiger charge is -2.24. The smallest absolute Gasteiger partial charge is 0.120 e. The van der Waals surface area contributed by atoms with E-state index in [0.717, 1.165) is 38.1 Å². The van der Waals surface area contributed by atoms with Crippen molar-refractivity contribution in [3.63, 3.8) is 0 Å². The molecule has 0 aromatic rings. The van der Waals surface area contributed by atoms with Gasteiger partial charge in [-0.15, -0.1) is 0 Å². The lowest BCUT2D eigenvalue weighted by molar-refractivity contribution is 0.0960. The van der Waals surface area contributed by atoms with E-state index in [4.69, 9.17) is 4.74 Å². The molecule has 0 radical (unpaired) electrons. The minimum absolute atomic E-state index is 0.392. The van der Waals surface area contributed by atoms with Crippen LogP contribution < -0.4 is 5.32 Å². The fourth-order valence-corrected chi connectivity index (χ4v) is 2.19. The number of hydrogen-bond donors (Lipinski definition) is 1. The van der Waals surface area contributed by atoms with Gasteiger partial charge in [0, 0.05) is 0 Å². The zero-order valence-electron chi connectivity index (χ0n) is 9.41. The van der Waals surface area contributed by atoms with Gasteiger partial charge < -0.3 is 10.1 Å². The van der Waals surface area contributed by atoms with Crippen LogP contribution in [0.2, 0.25) is 0 Å². The minimum atomic E-state index is 0.392. The van der Waals surface area contributed by atoms with Crippen LogP contribution in [-0.4, -0.2) is 19.2 Å². The van der Waals surface area contributed by atoms with Crippen molar-refractivity contribution in [1.29, 1.82) is 0 Å². The average molecular weight is 215 g/mol. The highest BCUT2D eigenvalue weighted by Crippen LogP contribution is 2.38. The maximum atomic E-state index is 6.03. The molecule has 0 unspecified atom stereocenters. The third-order valence-electron chi connectivity index (χ3n) is 3.24. The standard InChI is InChI=1S/C14H17NO/c1-2-4-14(10-12-9-11(12)3-1)16-13-5-7-15-8-6-13/h1-4,10,13,15H,5-9H2/b2-1-,3-1?,4-2?,11-3-,12-10-,14-4+,14-10?. The fraction of sp³-hybridized carbons (Fsp3) is 0.429. The van der Waals surface area contributed by atoms with Crippen LogP contribution >= 0.6 is 0 Å². The molecule has 0 bridgehead atoms. The SMILES string of the molecule is C1=C\C=C(OC2CCNCC2)/C=C2/C/C2=C/1. The van der Waals surface area contributed by atoms with Crippen LogP contribution in [0.5, 0.6) is 0 Å². The van der Waals surface area contributed by atoms with E-state index >= 15 is 0 Å². The number of nitrogens with one attached hydrogen (secondary N) is 1. The Morgan fingerprint density at radius 2 is 1.88 bits per heavy atom. The van der Waals surface area contributed by atoms with Crippen LogP contribution in [0.25, 0.3) is 0 Å². The van der Waals surface area contributed by atoms with Gasteiger partial charge in [0.1, 0.15) is 11.9 Å². The maximum absolute atomic E-state index is 6.03. The first-order valence-corrected chi connectivity index (χ1v) is 6.08. The molecule has 16 heavy (non-hydrogen) atoms. The summed E-state index contributed by atoms with van der Waals surface area (Å²) in [5, 5.41) is 3.35. The van der Waals surface area contributed by atoms with E-state index in [9.17, 15) is 0 Å². The second-order valence-electron chi connectivity index (χ2n) is 4.56. The molecule has 2 fully saturated rings. The van der Waals surface area contributed by atoms with Gasteiger partial charge in [-0.3, -0.25) is 0 Å². The first-order valence-electron chi connectivity index (χ1n) is 6.08. The van der Waals surface area contributed by atoms with Gasteiger partial charge in [0.25, 0.3) is 0 Å². The molecule has 2 heteroatoms. The second-order valence-corrected chi connectivity index (χ2v) is 4.56. The van der Waals surface area contributed by atoms with E-state index < -0.39 is 0 Å². The highest BCUT2D eigenvalue weighted by atomic mass is 16.5. The Bertz CT molecular complexity index is 395. The number of fused-ring (bicyclic) bond motifs is 1. The first kappa shape index (κ1) is 9.91. The van der Waals surface area contributed by atoms with Crippen molar-refractivity contribution in [2.75, 3.05) is 13.1 Å². The summed E-state index contributed by atoms with van der Waals surface area (Å²) < 4.78 is 6.03. The largest absolute Gasteiger partial charge is 0.490 e. The van der Waals surface area contributed by atoms with E-state index in [1.807, 2.05) is 0 Å². The van der Waals surface area contributed by atoms with Crippen LogP contribution in [0.4, 0.5) is 0 Å². The second kappa shape index (κ2) is 4.30. The number of piperidine rings is 1. The van der Waals surface area contributed by atoms with Gasteiger partial charge >= 0.3 is 0 Å². The van der Waals surface area contributed by atoms with Gasteiger partial charge in [-0.05, 0) is 55.7 Å². The molecule has 1 saturated carbocycles. The van der Waals surface area contributed by atoms with Crippen molar-refractivity contribution < 1.29 is 4.74 Å². The fourth-order valence-electron chi connectivity index (χ4n) is 2.19. The lowest BCUT2D eigenvalue weighted by Crippen LogP contribution is -2.32. The lowest BCUT2D eigenvalue weighted by atomic mass is 10.1. The summed E-state index contributed by atoms with van der Waals surface area (Å²) in [5.74, 6) is 1.03. The first-order chi connectivity index (χ1) is 7.92. The Morgan fingerprint density at radius 3 is 2.75 bits per heavy atom. The van der Waals surface area contributed by atoms with Crippen molar-refractivity contribution in [3.8, 4) is 0 Å². The quantitative estimate of drug-likeness (QED) is 0.764. The number of rotatable bonds is 2. The van der Waals surface area contributed by atoms with Gasteiger partial charge in [-0.2, -0.15) is 0 Å². The molecule has 3 rings (SSSR count). The van der Waals surface area contributed by atoms with E-state index in [0.29, 0.717) is 6.10 Å². The van der Waals surface area contributed by atoms with Crippen molar-refractivity contribution in [2.45, 2.75) is 25.4 Å². The minimum Gasteiger partial charge on any atom is -0.490 e. The normalized spacial score (nSPS) is 36.4. The zero-order valence-corrected chi connectivity index (χ0v) is 9.41. The molecular formula is C14H17NO. The van der Waals surface area contributed by atoms with Crippen LogP contribution in [-0.2, 0) is 4.74 Å². The third kappa shape index (κ3) is 2.27. The molecule has 1 saturated heterocycles. The molecule has 1 heterocycles. The Hall–Kier alpha value is -1.28.